The van der Waals surface area contributed by atoms with Gasteiger partial charge in [-0.1, -0.05) is 0 Å². The summed E-state index contributed by atoms with van der Waals surface area (Å²) in [5, 5.41) is 3.08. The van der Waals surface area contributed by atoms with Gasteiger partial charge in [0.25, 0.3) is 0 Å². The third kappa shape index (κ3) is 3.11. The van der Waals surface area contributed by atoms with Crippen LogP contribution in [0.15, 0.2) is 0 Å². The Morgan fingerprint density at radius 3 is 2.60 bits per heavy atom. The molecule has 0 unspecified atom stereocenters. The van der Waals surface area contributed by atoms with Crippen LogP contribution in [0.5, 0.6) is 0 Å². The van der Waals surface area contributed by atoms with Crippen molar-refractivity contribution in [1.82, 2.24) is 19.9 Å². The van der Waals surface area contributed by atoms with E-state index >= 15 is 0 Å². The third-order valence-electron chi connectivity index (χ3n) is 2.76. The molecule has 2 aromatic rings. The maximum Gasteiger partial charge on any atom is 0.307 e. The first-order valence-corrected chi connectivity index (χ1v) is 6.38. The number of nitrogens with zero attached hydrogens (tertiary/aromatic N) is 4. The average Bonchev–Trinajstić information content (AvgIpc) is 2.40. The smallest absolute Gasteiger partial charge is 0.307 e. The van der Waals surface area contributed by atoms with E-state index < -0.39 is 0 Å². The number of rotatable bonds is 4. The molecular weight excluding hydrogens is 282 g/mol. The predicted octanol–water partition coefficient (Wildman–Crippen LogP) is 1.67. The molecular formula is C12H14ClN5O2. The van der Waals surface area contributed by atoms with Crippen LogP contribution in [0.4, 0.5) is 5.82 Å². The number of aryl methyl sites for hydroxylation is 2. The molecule has 0 aromatic carbocycles. The highest BCUT2D eigenvalue weighted by Gasteiger charge is 2.11. The first-order valence-electron chi connectivity index (χ1n) is 6.00. The number of esters is 1. The minimum atomic E-state index is -0.305. The van der Waals surface area contributed by atoms with Gasteiger partial charge in [-0.05, 0) is 25.4 Å². The summed E-state index contributed by atoms with van der Waals surface area (Å²) in [7, 11) is 1.34. The van der Waals surface area contributed by atoms with Crippen LogP contribution in [-0.2, 0) is 9.53 Å². The lowest BCUT2D eigenvalue weighted by molar-refractivity contribution is -0.140. The van der Waals surface area contributed by atoms with Gasteiger partial charge in [0.1, 0.15) is 0 Å². The van der Waals surface area contributed by atoms with Gasteiger partial charge in [0.15, 0.2) is 17.0 Å². The highest BCUT2D eigenvalue weighted by Crippen LogP contribution is 2.20. The molecule has 0 spiro atoms. The van der Waals surface area contributed by atoms with Crippen molar-refractivity contribution in [2.75, 3.05) is 19.0 Å². The van der Waals surface area contributed by atoms with E-state index in [4.69, 9.17) is 11.6 Å². The van der Waals surface area contributed by atoms with Crippen molar-refractivity contribution in [3.8, 4) is 0 Å². The Morgan fingerprint density at radius 1 is 1.20 bits per heavy atom. The van der Waals surface area contributed by atoms with Crippen LogP contribution < -0.4 is 5.32 Å². The van der Waals surface area contributed by atoms with Crippen LogP contribution in [0.3, 0.4) is 0 Å². The largest absolute Gasteiger partial charge is 0.469 e. The zero-order chi connectivity index (χ0) is 14.7. The minimum Gasteiger partial charge on any atom is -0.469 e. The van der Waals surface area contributed by atoms with Crippen LogP contribution in [0.25, 0.3) is 11.2 Å². The summed E-state index contributed by atoms with van der Waals surface area (Å²) in [5.41, 5.74) is 2.53. The van der Waals surface area contributed by atoms with Gasteiger partial charge in [-0.25, -0.2) is 9.97 Å². The molecule has 0 bridgehead atoms. The summed E-state index contributed by atoms with van der Waals surface area (Å²) in [6.45, 7) is 4.07. The van der Waals surface area contributed by atoms with Crippen LogP contribution >= 0.6 is 11.6 Å². The van der Waals surface area contributed by atoms with Crippen molar-refractivity contribution < 1.29 is 9.53 Å². The number of methoxy groups -OCH3 is 1. The van der Waals surface area contributed by atoms with Gasteiger partial charge in [0.2, 0.25) is 5.28 Å². The number of hydrogen-bond acceptors (Lipinski definition) is 7. The van der Waals surface area contributed by atoms with Crippen molar-refractivity contribution in [1.29, 1.82) is 0 Å². The van der Waals surface area contributed by atoms with E-state index in [0.29, 0.717) is 23.5 Å². The van der Waals surface area contributed by atoms with E-state index in [1.54, 1.807) is 0 Å². The molecule has 0 amide bonds. The van der Waals surface area contributed by atoms with Gasteiger partial charge < -0.3 is 10.1 Å². The Balaban J connectivity index is 2.32. The van der Waals surface area contributed by atoms with Crippen molar-refractivity contribution in [2.24, 2.45) is 0 Å². The number of aromatic nitrogens is 4. The van der Waals surface area contributed by atoms with Gasteiger partial charge in [0.05, 0.1) is 24.9 Å². The second-order valence-electron chi connectivity index (χ2n) is 4.16. The quantitative estimate of drug-likeness (QED) is 0.677. The van der Waals surface area contributed by atoms with Gasteiger partial charge in [0, 0.05) is 6.54 Å². The number of ether oxygens (including phenoxy) is 1. The number of carbonyl (C=O) groups excluding carboxylic acids is 1. The number of fused-ring (bicyclic) bond motifs is 1. The normalized spacial score (nSPS) is 10.6. The van der Waals surface area contributed by atoms with Gasteiger partial charge in [-0.15, -0.1) is 0 Å². The summed E-state index contributed by atoms with van der Waals surface area (Å²) in [6.07, 6.45) is 0.220. The highest BCUT2D eigenvalue weighted by molar-refractivity contribution is 6.28. The summed E-state index contributed by atoms with van der Waals surface area (Å²) < 4.78 is 4.57. The average molecular weight is 296 g/mol. The molecule has 8 heteroatoms. The molecule has 20 heavy (non-hydrogen) atoms. The van der Waals surface area contributed by atoms with E-state index in [2.05, 4.69) is 30.0 Å². The number of hydrogen-bond donors (Lipinski definition) is 1. The Kier molecular flexibility index (Phi) is 4.29. The lowest BCUT2D eigenvalue weighted by atomic mass is 10.3. The molecule has 0 atom stereocenters. The Bertz CT molecular complexity index is 662. The summed E-state index contributed by atoms with van der Waals surface area (Å²) in [5.74, 6) is 0.152. The van der Waals surface area contributed by atoms with E-state index in [9.17, 15) is 4.79 Å². The molecule has 2 heterocycles. The fourth-order valence-corrected chi connectivity index (χ4v) is 1.76. The lowest BCUT2D eigenvalue weighted by Gasteiger charge is -2.09. The standard InChI is InChI=1S/C12H14ClN5O2/c1-6-7(2)16-11-9(15-6)10(17-12(13)18-11)14-5-4-8(19)20-3/h4-5H2,1-3H3,(H,14,16,17,18). The van der Waals surface area contributed by atoms with Crippen molar-refractivity contribution in [2.45, 2.75) is 20.3 Å². The van der Waals surface area contributed by atoms with Crippen molar-refractivity contribution in [3.63, 3.8) is 0 Å². The third-order valence-corrected chi connectivity index (χ3v) is 2.93. The zero-order valence-electron chi connectivity index (χ0n) is 11.4. The van der Waals surface area contributed by atoms with Crippen molar-refractivity contribution >= 4 is 34.6 Å². The number of nitrogens with one attached hydrogen (secondary N) is 1. The lowest BCUT2D eigenvalue weighted by Crippen LogP contribution is -2.12. The van der Waals surface area contributed by atoms with Crippen LogP contribution in [-0.4, -0.2) is 39.6 Å². The van der Waals surface area contributed by atoms with Crippen LogP contribution in [0, 0.1) is 13.8 Å². The molecule has 0 radical (unpaired) electrons. The fraction of sp³-hybridized carbons (Fsp3) is 0.417. The molecule has 0 aliphatic carbocycles. The van der Waals surface area contributed by atoms with Crippen molar-refractivity contribution in [3.05, 3.63) is 16.7 Å². The monoisotopic (exact) mass is 295 g/mol. The van der Waals surface area contributed by atoms with Gasteiger partial charge >= 0.3 is 5.97 Å². The first-order chi connectivity index (χ1) is 9.51. The summed E-state index contributed by atoms with van der Waals surface area (Å²) >= 11 is 5.86. The molecule has 7 nitrogen and oxygen atoms in total. The highest BCUT2D eigenvalue weighted by atomic mass is 35.5. The van der Waals surface area contributed by atoms with Gasteiger partial charge in [-0.2, -0.15) is 9.97 Å². The van der Waals surface area contributed by atoms with E-state index in [0.717, 1.165) is 11.4 Å². The van der Waals surface area contributed by atoms with Crippen LogP contribution in [0.1, 0.15) is 17.8 Å². The Hall–Kier alpha value is -2.02. The van der Waals surface area contributed by atoms with E-state index in [-0.39, 0.29) is 17.7 Å². The fourth-order valence-electron chi connectivity index (χ4n) is 1.59. The molecule has 0 aliphatic rings. The molecule has 106 valence electrons. The SMILES string of the molecule is COC(=O)CCNc1nc(Cl)nc2nc(C)c(C)nc12. The van der Waals surface area contributed by atoms with Crippen LogP contribution in [0.2, 0.25) is 5.28 Å². The molecule has 0 aliphatic heterocycles. The Morgan fingerprint density at radius 2 is 1.90 bits per heavy atom. The molecule has 1 N–H and O–H groups in total. The van der Waals surface area contributed by atoms with Gasteiger partial charge in [-0.3, -0.25) is 4.79 Å². The molecule has 2 rings (SSSR count). The topological polar surface area (TPSA) is 89.9 Å². The second kappa shape index (κ2) is 5.96. The number of anilines is 1. The number of carbonyl (C=O) groups is 1. The summed E-state index contributed by atoms with van der Waals surface area (Å²) in [6, 6.07) is 0. The molecule has 0 saturated heterocycles. The zero-order valence-corrected chi connectivity index (χ0v) is 12.2. The van der Waals surface area contributed by atoms with E-state index in [1.165, 1.54) is 7.11 Å². The molecule has 0 fully saturated rings. The summed E-state index contributed by atoms with van der Waals surface area (Å²) in [4.78, 5) is 27.9. The molecule has 2 aromatic heterocycles. The second-order valence-corrected chi connectivity index (χ2v) is 4.50. The first kappa shape index (κ1) is 14.4. The Labute approximate surface area is 120 Å². The maximum atomic E-state index is 11.1. The van der Waals surface area contributed by atoms with E-state index in [1.807, 2.05) is 13.8 Å². The maximum absolute atomic E-state index is 11.1. The minimum absolute atomic E-state index is 0.0793. The molecule has 0 saturated carbocycles. The predicted molar refractivity (Wildman–Crippen MR) is 74.7 cm³/mol. The number of halogens is 1.